The number of rotatable bonds is 7. The normalized spacial score (nSPS) is 20.1. The fraction of sp³-hybridized carbons (Fsp3) is 0.423. The van der Waals surface area contributed by atoms with Gasteiger partial charge in [-0.2, -0.15) is 0 Å². The van der Waals surface area contributed by atoms with Crippen molar-refractivity contribution in [3.8, 4) is 11.1 Å². The van der Waals surface area contributed by atoms with Crippen molar-refractivity contribution >= 4 is 18.0 Å². The monoisotopic (exact) mass is 450 g/mol. The summed E-state index contributed by atoms with van der Waals surface area (Å²) in [7, 11) is 0. The minimum atomic E-state index is -1.14. The zero-order chi connectivity index (χ0) is 23.6. The van der Waals surface area contributed by atoms with Gasteiger partial charge in [0.2, 0.25) is 5.91 Å². The molecule has 0 aromatic heterocycles. The second-order valence-corrected chi connectivity index (χ2v) is 9.14. The first kappa shape index (κ1) is 22.8. The number of amides is 2. The topological polar surface area (TPSA) is 95.9 Å². The van der Waals surface area contributed by atoms with Gasteiger partial charge in [-0.25, -0.2) is 9.59 Å². The molecule has 4 rings (SSSR count). The van der Waals surface area contributed by atoms with E-state index >= 15 is 0 Å². The number of nitrogens with one attached hydrogen (secondary N) is 1. The van der Waals surface area contributed by atoms with E-state index in [1.54, 1.807) is 6.92 Å². The van der Waals surface area contributed by atoms with Gasteiger partial charge in [0, 0.05) is 24.9 Å². The Bertz CT molecular complexity index is 1020. The molecule has 7 nitrogen and oxygen atoms in total. The maximum absolute atomic E-state index is 12.6. The molecule has 7 heteroatoms. The first-order chi connectivity index (χ1) is 15.8. The number of carbonyl (C=O) groups excluding carboxylic acids is 2. The van der Waals surface area contributed by atoms with Gasteiger partial charge in [0.15, 0.2) is 0 Å². The van der Waals surface area contributed by atoms with Gasteiger partial charge < -0.3 is 20.1 Å². The highest BCUT2D eigenvalue weighted by molar-refractivity contribution is 5.87. The number of ether oxygens (including phenoxy) is 1. The summed E-state index contributed by atoms with van der Waals surface area (Å²) in [5.41, 5.74) is 3.50. The number of fused-ring (bicyclic) bond motifs is 3. The summed E-state index contributed by atoms with van der Waals surface area (Å²) >= 11 is 0. The van der Waals surface area contributed by atoms with Crippen LogP contribution >= 0.6 is 0 Å². The Balaban J connectivity index is 1.28. The minimum Gasteiger partial charge on any atom is -0.480 e. The van der Waals surface area contributed by atoms with Crippen molar-refractivity contribution in [3.05, 3.63) is 59.7 Å². The molecule has 2 atom stereocenters. The quantitative estimate of drug-likeness (QED) is 0.660. The summed E-state index contributed by atoms with van der Waals surface area (Å²) in [6.45, 7) is 4.10. The van der Waals surface area contributed by atoms with Crippen LogP contribution in [0.5, 0.6) is 0 Å². The Kier molecular flexibility index (Phi) is 6.40. The lowest BCUT2D eigenvalue weighted by Crippen LogP contribution is -2.51. The fourth-order valence-electron chi connectivity index (χ4n) is 4.97. The molecule has 2 N–H and O–H groups in total. The van der Waals surface area contributed by atoms with Crippen molar-refractivity contribution in [2.45, 2.75) is 57.0 Å². The van der Waals surface area contributed by atoms with E-state index in [0.717, 1.165) is 11.1 Å². The van der Waals surface area contributed by atoms with Crippen LogP contribution in [0.2, 0.25) is 0 Å². The Labute approximate surface area is 193 Å². The molecule has 1 aliphatic heterocycles. The SMILES string of the molecule is CC(CCC(=O)N1CCCC1(C)C(=O)O)NC(=O)OCC1c2ccccc2-c2ccccc21. The van der Waals surface area contributed by atoms with Crippen molar-refractivity contribution in [2.75, 3.05) is 13.2 Å². The van der Waals surface area contributed by atoms with E-state index in [-0.39, 0.29) is 30.9 Å². The van der Waals surface area contributed by atoms with Crippen LogP contribution in [-0.4, -0.2) is 52.7 Å². The number of alkyl carbamates (subject to hydrolysis) is 1. The lowest BCUT2D eigenvalue weighted by atomic mass is 9.98. The molecule has 0 bridgehead atoms. The Morgan fingerprint density at radius 2 is 1.73 bits per heavy atom. The van der Waals surface area contributed by atoms with Gasteiger partial charge in [-0.3, -0.25) is 4.79 Å². The van der Waals surface area contributed by atoms with E-state index in [4.69, 9.17) is 4.74 Å². The standard InChI is InChI=1S/C26H30N2O5/c1-17(12-13-23(29)28-15-7-14-26(28,2)24(30)31)27-25(32)33-16-22-20-10-5-3-8-18(20)19-9-4-6-11-21(19)22/h3-6,8-11,17,22H,7,12-16H2,1-2H3,(H,27,32)(H,30,31). The molecular formula is C26H30N2O5. The zero-order valence-corrected chi connectivity index (χ0v) is 19.0. The van der Waals surface area contributed by atoms with Crippen LogP contribution < -0.4 is 5.32 Å². The van der Waals surface area contributed by atoms with Crippen LogP contribution in [0.3, 0.4) is 0 Å². The molecule has 1 fully saturated rings. The average molecular weight is 451 g/mol. The van der Waals surface area contributed by atoms with Gasteiger partial charge in [0.25, 0.3) is 0 Å². The van der Waals surface area contributed by atoms with E-state index in [2.05, 4.69) is 29.6 Å². The lowest BCUT2D eigenvalue weighted by molar-refractivity contribution is -0.155. The highest BCUT2D eigenvalue weighted by Crippen LogP contribution is 2.44. The predicted molar refractivity (Wildman–Crippen MR) is 124 cm³/mol. The molecule has 174 valence electrons. The second kappa shape index (κ2) is 9.25. The van der Waals surface area contributed by atoms with Crippen molar-refractivity contribution in [1.29, 1.82) is 0 Å². The molecule has 2 aliphatic rings. The summed E-state index contributed by atoms with van der Waals surface area (Å²) < 4.78 is 5.56. The molecule has 2 unspecified atom stereocenters. The molecule has 33 heavy (non-hydrogen) atoms. The van der Waals surface area contributed by atoms with E-state index in [1.165, 1.54) is 16.0 Å². The van der Waals surface area contributed by atoms with Crippen LogP contribution in [-0.2, 0) is 14.3 Å². The number of hydrogen-bond donors (Lipinski definition) is 2. The maximum atomic E-state index is 12.6. The highest BCUT2D eigenvalue weighted by Gasteiger charge is 2.45. The number of aliphatic carboxylic acids is 1. The summed E-state index contributed by atoms with van der Waals surface area (Å²) in [6, 6.07) is 16.0. The van der Waals surface area contributed by atoms with Gasteiger partial charge in [-0.05, 0) is 55.4 Å². The van der Waals surface area contributed by atoms with Gasteiger partial charge in [-0.15, -0.1) is 0 Å². The summed E-state index contributed by atoms with van der Waals surface area (Å²) in [6.07, 6.45) is 1.21. The van der Waals surface area contributed by atoms with Gasteiger partial charge in [0.1, 0.15) is 12.1 Å². The molecule has 0 spiro atoms. The first-order valence-corrected chi connectivity index (χ1v) is 11.5. The molecular weight excluding hydrogens is 420 g/mol. The van der Waals surface area contributed by atoms with Crippen LogP contribution in [0.25, 0.3) is 11.1 Å². The maximum Gasteiger partial charge on any atom is 0.407 e. The number of carboxylic acid groups (broad SMARTS) is 1. The van der Waals surface area contributed by atoms with Gasteiger partial charge >= 0.3 is 12.1 Å². The van der Waals surface area contributed by atoms with Crippen molar-refractivity contribution in [2.24, 2.45) is 0 Å². The number of carbonyl (C=O) groups is 3. The predicted octanol–water partition coefficient (Wildman–Crippen LogP) is 4.16. The fourth-order valence-corrected chi connectivity index (χ4v) is 4.97. The van der Waals surface area contributed by atoms with Crippen LogP contribution in [0, 0.1) is 0 Å². The molecule has 2 amide bonds. The molecule has 0 radical (unpaired) electrons. The zero-order valence-electron chi connectivity index (χ0n) is 19.0. The largest absolute Gasteiger partial charge is 0.480 e. The highest BCUT2D eigenvalue weighted by atomic mass is 16.5. The van der Waals surface area contributed by atoms with Crippen molar-refractivity contribution < 1.29 is 24.2 Å². The van der Waals surface area contributed by atoms with Crippen LogP contribution in [0.4, 0.5) is 4.79 Å². The van der Waals surface area contributed by atoms with Crippen molar-refractivity contribution in [3.63, 3.8) is 0 Å². The number of nitrogens with zero attached hydrogens (tertiary/aromatic N) is 1. The second-order valence-electron chi connectivity index (χ2n) is 9.14. The molecule has 1 heterocycles. The van der Waals surface area contributed by atoms with Gasteiger partial charge in [0.05, 0.1) is 0 Å². The summed E-state index contributed by atoms with van der Waals surface area (Å²) in [5.74, 6) is -1.18. The third kappa shape index (κ3) is 4.45. The van der Waals surface area contributed by atoms with Crippen LogP contribution in [0.1, 0.15) is 56.6 Å². The number of carboxylic acids is 1. The number of likely N-dealkylation sites (tertiary alicyclic amines) is 1. The first-order valence-electron chi connectivity index (χ1n) is 11.5. The van der Waals surface area contributed by atoms with E-state index in [1.807, 2.05) is 31.2 Å². The van der Waals surface area contributed by atoms with Crippen LogP contribution in [0.15, 0.2) is 48.5 Å². The van der Waals surface area contributed by atoms with E-state index < -0.39 is 17.6 Å². The Morgan fingerprint density at radius 1 is 1.12 bits per heavy atom. The molecule has 2 aromatic carbocycles. The summed E-state index contributed by atoms with van der Waals surface area (Å²) in [4.78, 5) is 38.1. The molecule has 2 aromatic rings. The lowest BCUT2D eigenvalue weighted by Gasteiger charge is -2.31. The molecule has 0 saturated carbocycles. The summed E-state index contributed by atoms with van der Waals surface area (Å²) in [5, 5.41) is 12.3. The third-order valence-corrected chi connectivity index (χ3v) is 6.90. The molecule has 1 saturated heterocycles. The Morgan fingerprint density at radius 3 is 2.33 bits per heavy atom. The minimum absolute atomic E-state index is 0.0103. The van der Waals surface area contributed by atoms with E-state index in [9.17, 15) is 19.5 Å². The Hall–Kier alpha value is -3.35. The third-order valence-electron chi connectivity index (χ3n) is 6.90. The average Bonchev–Trinajstić information content (AvgIpc) is 3.35. The van der Waals surface area contributed by atoms with Crippen molar-refractivity contribution in [1.82, 2.24) is 10.2 Å². The van der Waals surface area contributed by atoms with Gasteiger partial charge in [-0.1, -0.05) is 48.5 Å². The van der Waals surface area contributed by atoms with E-state index in [0.29, 0.717) is 25.8 Å². The number of hydrogen-bond acceptors (Lipinski definition) is 4. The number of benzene rings is 2. The molecule has 1 aliphatic carbocycles. The smallest absolute Gasteiger partial charge is 0.407 e.